The Morgan fingerprint density at radius 1 is 1.33 bits per heavy atom. The number of nitrogens with zero attached hydrogens (tertiary/aromatic N) is 1. The Morgan fingerprint density at radius 3 is 2.71 bits per heavy atom. The summed E-state index contributed by atoms with van der Waals surface area (Å²) in [5, 5.41) is 15.2. The number of nitrogens with two attached hydrogens (primary N) is 1. The number of halogens is 3. The summed E-state index contributed by atoms with van der Waals surface area (Å²) >= 11 is 9.28. The quantitative estimate of drug-likeness (QED) is 0.329. The number of nitrogens with one attached hydrogen (secondary N) is 1. The molecule has 0 spiro atoms. The summed E-state index contributed by atoms with van der Waals surface area (Å²) in [6, 6.07) is 9.76. The van der Waals surface area contributed by atoms with E-state index in [0.29, 0.717) is 21.6 Å². The van der Waals surface area contributed by atoms with Gasteiger partial charge < -0.3 is 16.3 Å². The Balaban J connectivity index is 2.11. The van der Waals surface area contributed by atoms with E-state index in [2.05, 4.69) is 26.4 Å². The lowest BCUT2D eigenvalue weighted by Crippen LogP contribution is -2.13. The summed E-state index contributed by atoms with van der Waals surface area (Å²) in [7, 11) is 0. The molecular formula is C14H12BrClFN3O. The molecule has 2 aromatic carbocycles. The van der Waals surface area contributed by atoms with Crippen LogP contribution in [0.5, 0.6) is 0 Å². The number of amidine groups is 1. The molecule has 2 aromatic rings. The Bertz CT molecular complexity index is 694. The average molecular weight is 373 g/mol. The minimum Gasteiger partial charge on any atom is -0.409 e. The molecule has 110 valence electrons. The molecule has 4 N–H and O–H groups in total. The number of hydrogen-bond acceptors (Lipinski definition) is 3. The summed E-state index contributed by atoms with van der Waals surface area (Å²) in [5.74, 6) is -0.319. The van der Waals surface area contributed by atoms with E-state index in [4.69, 9.17) is 22.5 Å². The molecule has 0 saturated heterocycles. The van der Waals surface area contributed by atoms with E-state index in [1.54, 1.807) is 30.3 Å². The first kappa shape index (κ1) is 15.6. The van der Waals surface area contributed by atoms with E-state index >= 15 is 0 Å². The number of hydrogen-bond donors (Lipinski definition) is 3. The first-order valence-corrected chi connectivity index (χ1v) is 7.13. The van der Waals surface area contributed by atoms with Gasteiger partial charge >= 0.3 is 0 Å². The van der Waals surface area contributed by atoms with E-state index in [9.17, 15) is 4.39 Å². The number of rotatable bonds is 4. The molecule has 0 aliphatic carbocycles. The van der Waals surface area contributed by atoms with Crippen molar-refractivity contribution in [2.24, 2.45) is 10.9 Å². The zero-order chi connectivity index (χ0) is 15.4. The summed E-state index contributed by atoms with van der Waals surface area (Å²) in [6.45, 7) is 0.466. The molecule has 0 saturated carbocycles. The van der Waals surface area contributed by atoms with E-state index in [-0.39, 0.29) is 11.7 Å². The van der Waals surface area contributed by atoms with Crippen LogP contribution in [-0.4, -0.2) is 11.0 Å². The molecule has 0 atom stereocenters. The maximum atomic E-state index is 13.1. The second-order valence-electron chi connectivity index (χ2n) is 4.27. The molecule has 0 aliphatic heterocycles. The first-order valence-electron chi connectivity index (χ1n) is 5.96. The van der Waals surface area contributed by atoms with E-state index in [1.165, 1.54) is 6.07 Å². The molecule has 0 aromatic heterocycles. The van der Waals surface area contributed by atoms with Crippen molar-refractivity contribution in [2.75, 3.05) is 5.32 Å². The highest BCUT2D eigenvalue weighted by Gasteiger charge is 2.06. The average Bonchev–Trinajstić information content (AvgIpc) is 2.48. The molecular weight excluding hydrogens is 361 g/mol. The van der Waals surface area contributed by atoms with Gasteiger partial charge in [0, 0.05) is 22.8 Å². The van der Waals surface area contributed by atoms with Crippen LogP contribution in [0.2, 0.25) is 5.02 Å². The van der Waals surface area contributed by atoms with Crippen molar-refractivity contribution in [1.29, 1.82) is 0 Å². The fourth-order valence-corrected chi connectivity index (χ4v) is 2.34. The van der Waals surface area contributed by atoms with Crippen LogP contribution in [0.4, 0.5) is 10.1 Å². The highest BCUT2D eigenvalue weighted by atomic mass is 79.9. The van der Waals surface area contributed by atoms with Gasteiger partial charge in [0.1, 0.15) is 5.82 Å². The fraction of sp³-hybridized carbons (Fsp3) is 0.0714. The van der Waals surface area contributed by atoms with Crippen molar-refractivity contribution >= 4 is 39.1 Å². The third kappa shape index (κ3) is 3.86. The van der Waals surface area contributed by atoms with Crippen molar-refractivity contribution in [1.82, 2.24) is 0 Å². The molecule has 0 fully saturated rings. The zero-order valence-corrected chi connectivity index (χ0v) is 13.1. The van der Waals surface area contributed by atoms with Crippen LogP contribution in [0, 0.1) is 5.82 Å². The SMILES string of the molecule is N/C(=N/O)c1ccc(CNc2ccc(F)c(Br)c2)c(Cl)c1. The van der Waals surface area contributed by atoms with E-state index in [1.807, 2.05) is 0 Å². The second-order valence-corrected chi connectivity index (χ2v) is 5.54. The van der Waals surface area contributed by atoms with Gasteiger partial charge in [0.05, 0.1) is 4.47 Å². The fourth-order valence-electron chi connectivity index (χ4n) is 1.71. The Hall–Kier alpha value is -1.79. The minimum absolute atomic E-state index is 0.00104. The minimum atomic E-state index is -0.318. The molecule has 0 heterocycles. The zero-order valence-electron chi connectivity index (χ0n) is 10.8. The predicted molar refractivity (Wildman–Crippen MR) is 85.4 cm³/mol. The van der Waals surface area contributed by atoms with Crippen molar-refractivity contribution in [3.05, 3.63) is 62.8 Å². The van der Waals surface area contributed by atoms with E-state index in [0.717, 1.165) is 11.3 Å². The number of oxime groups is 1. The maximum Gasteiger partial charge on any atom is 0.170 e. The molecule has 2 rings (SSSR count). The summed E-state index contributed by atoms with van der Waals surface area (Å²) < 4.78 is 13.5. The van der Waals surface area contributed by atoms with Gasteiger partial charge in [-0.05, 0) is 45.8 Å². The number of anilines is 1. The van der Waals surface area contributed by atoms with Gasteiger partial charge in [-0.15, -0.1) is 0 Å². The van der Waals surface area contributed by atoms with E-state index < -0.39 is 0 Å². The third-order valence-corrected chi connectivity index (χ3v) is 3.82. The Morgan fingerprint density at radius 2 is 2.10 bits per heavy atom. The van der Waals surface area contributed by atoms with Gasteiger partial charge in [-0.25, -0.2) is 4.39 Å². The summed E-state index contributed by atoms with van der Waals surface area (Å²) in [6.07, 6.45) is 0. The highest BCUT2D eigenvalue weighted by molar-refractivity contribution is 9.10. The van der Waals surface area contributed by atoms with Crippen LogP contribution < -0.4 is 11.1 Å². The molecule has 0 unspecified atom stereocenters. The van der Waals surface area contributed by atoms with Gasteiger partial charge in [0.25, 0.3) is 0 Å². The van der Waals surface area contributed by atoms with Crippen LogP contribution in [0.1, 0.15) is 11.1 Å². The molecule has 0 aliphatic rings. The molecule has 4 nitrogen and oxygen atoms in total. The van der Waals surface area contributed by atoms with Crippen LogP contribution in [0.25, 0.3) is 0 Å². The highest BCUT2D eigenvalue weighted by Crippen LogP contribution is 2.22. The Labute approximate surface area is 134 Å². The molecule has 21 heavy (non-hydrogen) atoms. The van der Waals surface area contributed by atoms with Crippen molar-refractivity contribution in [2.45, 2.75) is 6.54 Å². The lowest BCUT2D eigenvalue weighted by molar-refractivity contribution is 0.318. The van der Waals surface area contributed by atoms with Crippen LogP contribution in [0.3, 0.4) is 0 Å². The van der Waals surface area contributed by atoms with Crippen molar-refractivity contribution in [3.8, 4) is 0 Å². The Kier molecular flexibility index (Phi) is 5.03. The smallest absolute Gasteiger partial charge is 0.170 e. The lowest BCUT2D eigenvalue weighted by Gasteiger charge is -2.10. The van der Waals surface area contributed by atoms with Gasteiger partial charge in [0.15, 0.2) is 5.84 Å². The van der Waals surface area contributed by atoms with Crippen LogP contribution in [0.15, 0.2) is 46.0 Å². The molecule has 7 heteroatoms. The van der Waals surface area contributed by atoms with Crippen molar-refractivity contribution in [3.63, 3.8) is 0 Å². The summed E-state index contributed by atoms with van der Waals surface area (Å²) in [5.41, 5.74) is 7.64. The molecule has 0 amide bonds. The maximum absolute atomic E-state index is 13.1. The number of benzene rings is 2. The normalized spacial score (nSPS) is 11.5. The largest absolute Gasteiger partial charge is 0.409 e. The van der Waals surface area contributed by atoms with Gasteiger partial charge in [0.2, 0.25) is 0 Å². The summed E-state index contributed by atoms with van der Waals surface area (Å²) in [4.78, 5) is 0. The van der Waals surface area contributed by atoms with Gasteiger partial charge in [-0.1, -0.05) is 28.9 Å². The predicted octanol–water partition coefficient (Wildman–Crippen LogP) is 3.95. The molecule has 0 bridgehead atoms. The van der Waals surface area contributed by atoms with Crippen LogP contribution in [-0.2, 0) is 6.54 Å². The van der Waals surface area contributed by atoms with Crippen molar-refractivity contribution < 1.29 is 9.60 Å². The lowest BCUT2D eigenvalue weighted by atomic mass is 10.1. The molecule has 0 radical (unpaired) electrons. The third-order valence-electron chi connectivity index (χ3n) is 2.86. The van der Waals surface area contributed by atoms with Crippen LogP contribution >= 0.6 is 27.5 Å². The standard InChI is InChI=1S/C14H12BrClFN3O/c15-11-6-10(3-4-13(11)17)19-7-9-2-1-8(5-12(9)16)14(18)20-21/h1-6,19,21H,7H2,(H2,18,20). The second kappa shape index (κ2) is 6.78. The van der Waals surface area contributed by atoms with Gasteiger partial charge in [-0.2, -0.15) is 0 Å². The topological polar surface area (TPSA) is 70.6 Å². The first-order chi connectivity index (χ1) is 10.0. The monoisotopic (exact) mass is 371 g/mol. The van der Waals surface area contributed by atoms with Gasteiger partial charge in [-0.3, -0.25) is 0 Å².